The molecule has 2 heterocycles. The summed E-state index contributed by atoms with van der Waals surface area (Å²) in [6, 6.07) is 34.6. The zero-order valence-electron chi connectivity index (χ0n) is 27.9. The van der Waals surface area contributed by atoms with E-state index in [4.69, 9.17) is 9.97 Å². The first kappa shape index (κ1) is 32.2. The van der Waals surface area contributed by atoms with E-state index in [1.165, 1.54) is 135 Å². The lowest BCUT2D eigenvalue weighted by Crippen LogP contribution is -1.93. The van der Waals surface area contributed by atoms with Gasteiger partial charge in [-0.25, -0.2) is 9.97 Å². The van der Waals surface area contributed by atoms with Crippen molar-refractivity contribution < 1.29 is 0 Å². The minimum absolute atomic E-state index is 1.13. The fourth-order valence-corrected chi connectivity index (χ4v) is 7.47. The molecule has 0 radical (unpaired) electrons. The molecular formula is C44H52N2. The predicted molar refractivity (Wildman–Crippen MR) is 200 cm³/mol. The van der Waals surface area contributed by atoms with Crippen LogP contribution in [-0.2, 0) is 12.8 Å². The van der Waals surface area contributed by atoms with Crippen LogP contribution in [0.4, 0.5) is 0 Å². The SMILES string of the molecule is c1ccc2c(CCCCCCCCCCCCCCCCCCc3c4ccccc4nc4ccccc34)c3ccccc3nc2c1. The summed E-state index contributed by atoms with van der Waals surface area (Å²) in [4.78, 5) is 9.77. The summed E-state index contributed by atoms with van der Waals surface area (Å²) in [6.07, 6.45) is 24.4. The van der Waals surface area contributed by atoms with Gasteiger partial charge in [-0.05, 0) is 61.1 Å². The molecule has 0 fully saturated rings. The molecular weight excluding hydrogens is 556 g/mol. The quantitative estimate of drug-likeness (QED) is 0.0675. The van der Waals surface area contributed by atoms with Crippen LogP contribution in [0.3, 0.4) is 0 Å². The molecule has 0 unspecified atom stereocenters. The van der Waals surface area contributed by atoms with Crippen molar-refractivity contribution >= 4 is 43.6 Å². The van der Waals surface area contributed by atoms with E-state index in [1.54, 1.807) is 0 Å². The van der Waals surface area contributed by atoms with E-state index in [9.17, 15) is 0 Å². The molecule has 6 rings (SSSR count). The van der Waals surface area contributed by atoms with Crippen molar-refractivity contribution in [3.8, 4) is 0 Å². The number of pyridine rings is 2. The Labute approximate surface area is 276 Å². The highest BCUT2D eigenvalue weighted by atomic mass is 14.7. The summed E-state index contributed by atoms with van der Waals surface area (Å²) in [5.74, 6) is 0. The minimum Gasteiger partial charge on any atom is -0.248 e. The molecule has 2 nitrogen and oxygen atoms in total. The predicted octanol–water partition coefficient (Wildman–Crippen LogP) is 13.1. The Morgan fingerprint density at radius 2 is 0.478 bits per heavy atom. The summed E-state index contributed by atoms with van der Waals surface area (Å²) in [7, 11) is 0. The van der Waals surface area contributed by atoms with Crippen molar-refractivity contribution in [3.05, 3.63) is 108 Å². The molecule has 0 saturated carbocycles. The van der Waals surface area contributed by atoms with Crippen LogP contribution in [0.5, 0.6) is 0 Å². The Kier molecular flexibility index (Phi) is 12.0. The third-order valence-electron chi connectivity index (χ3n) is 10.0. The van der Waals surface area contributed by atoms with Gasteiger partial charge < -0.3 is 0 Å². The number of hydrogen-bond acceptors (Lipinski definition) is 2. The number of unbranched alkanes of at least 4 members (excludes halogenated alkanes) is 15. The highest BCUT2D eigenvalue weighted by molar-refractivity contribution is 5.98. The van der Waals surface area contributed by atoms with Gasteiger partial charge in [-0.2, -0.15) is 0 Å². The Hall–Kier alpha value is -3.78. The highest BCUT2D eigenvalue weighted by Crippen LogP contribution is 2.29. The van der Waals surface area contributed by atoms with Crippen molar-refractivity contribution in [2.24, 2.45) is 0 Å². The number of aromatic nitrogens is 2. The van der Waals surface area contributed by atoms with Crippen molar-refractivity contribution in [3.63, 3.8) is 0 Å². The van der Waals surface area contributed by atoms with E-state index in [0.29, 0.717) is 0 Å². The summed E-state index contributed by atoms with van der Waals surface area (Å²) in [6.45, 7) is 0. The minimum atomic E-state index is 1.13. The average molecular weight is 609 g/mol. The van der Waals surface area contributed by atoms with Crippen molar-refractivity contribution in [1.29, 1.82) is 0 Å². The van der Waals surface area contributed by atoms with Gasteiger partial charge in [0.15, 0.2) is 0 Å². The number of benzene rings is 4. The number of hydrogen-bond donors (Lipinski definition) is 0. The molecule has 46 heavy (non-hydrogen) atoms. The largest absolute Gasteiger partial charge is 0.248 e. The van der Waals surface area contributed by atoms with E-state index in [1.807, 2.05) is 0 Å². The Morgan fingerprint density at radius 3 is 0.739 bits per heavy atom. The Balaban J connectivity index is 0.769. The fourth-order valence-electron chi connectivity index (χ4n) is 7.47. The van der Waals surface area contributed by atoms with Crippen LogP contribution in [0.1, 0.15) is 114 Å². The first-order valence-electron chi connectivity index (χ1n) is 18.4. The molecule has 0 aliphatic heterocycles. The van der Waals surface area contributed by atoms with Gasteiger partial charge in [0.1, 0.15) is 0 Å². The molecule has 0 bridgehead atoms. The van der Waals surface area contributed by atoms with Gasteiger partial charge >= 0.3 is 0 Å². The van der Waals surface area contributed by atoms with Gasteiger partial charge in [0, 0.05) is 21.5 Å². The van der Waals surface area contributed by atoms with Crippen LogP contribution < -0.4 is 0 Å². The second-order valence-electron chi connectivity index (χ2n) is 13.4. The van der Waals surface area contributed by atoms with Gasteiger partial charge in [-0.15, -0.1) is 0 Å². The molecule has 6 aromatic rings. The fraction of sp³-hybridized carbons (Fsp3) is 0.409. The number of aryl methyl sites for hydroxylation is 2. The molecule has 2 heteroatoms. The third kappa shape index (κ3) is 8.52. The molecule has 4 aromatic carbocycles. The van der Waals surface area contributed by atoms with Crippen LogP contribution in [0.2, 0.25) is 0 Å². The van der Waals surface area contributed by atoms with E-state index >= 15 is 0 Å². The number of nitrogens with zero attached hydrogens (tertiary/aromatic N) is 2. The lowest BCUT2D eigenvalue weighted by Gasteiger charge is -2.11. The van der Waals surface area contributed by atoms with Crippen LogP contribution in [0.25, 0.3) is 43.6 Å². The van der Waals surface area contributed by atoms with Gasteiger partial charge in [0.25, 0.3) is 0 Å². The molecule has 238 valence electrons. The van der Waals surface area contributed by atoms with Crippen LogP contribution in [0.15, 0.2) is 97.1 Å². The van der Waals surface area contributed by atoms with E-state index in [-0.39, 0.29) is 0 Å². The third-order valence-corrected chi connectivity index (χ3v) is 10.0. The van der Waals surface area contributed by atoms with E-state index in [2.05, 4.69) is 97.1 Å². The summed E-state index contributed by atoms with van der Waals surface area (Å²) < 4.78 is 0. The second kappa shape index (κ2) is 17.2. The first-order valence-corrected chi connectivity index (χ1v) is 18.4. The Morgan fingerprint density at radius 1 is 0.261 bits per heavy atom. The molecule has 0 aliphatic rings. The normalized spacial score (nSPS) is 11.7. The summed E-state index contributed by atoms with van der Waals surface area (Å²) >= 11 is 0. The van der Waals surface area contributed by atoms with Gasteiger partial charge in [-0.1, -0.05) is 163 Å². The lowest BCUT2D eigenvalue weighted by atomic mass is 9.97. The van der Waals surface area contributed by atoms with Crippen molar-refractivity contribution in [1.82, 2.24) is 9.97 Å². The molecule has 0 aliphatic carbocycles. The molecule has 0 amide bonds. The first-order chi connectivity index (χ1) is 22.9. The summed E-state index contributed by atoms with van der Waals surface area (Å²) in [5.41, 5.74) is 7.51. The molecule has 0 saturated heterocycles. The average Bonchev–Trinajstić information content (AvgIpc) is 3.10. The number of fused-ring (bicyclic) bond motifs is 4. The number of para-hydroxylation sites is 4. The topological polar surface area (TPSA) is 25.8 Å². The lowest BCUT2D eigenvalue weighted by molar-refractivity contribution is 0.528. The highest BCUT2D eigenvalue weighted by Gasteiger charge is 2.10. The van der Waals surface area contributed by atoms with E-state index < -0.39 is 0 Å². The molecule has 0 spiro atoms. The zero-order valence-corrected chi connectivity index (χ0v) is 27.9. The molecule has 2 aromatic heterocycles. The van der Waals surface area contributed by atoms with Gasteiger partial charge in [0.05, 0.1) is 22.1 Å². The maximum absolute atomic E-state index is 4.89. The maximum Gasteiger partial charge on any atom is 0.0712 e. The van der Waals surface area contributed by atoms with E-state index in [0.717, 1.165) is 34.9 Å². The number of rotatable bonds is 19. The van der Waals surface area contributed by atoms with Crippen LogP contribution in [0, 0.1) is 0 Å². The van der Waals surface area contributed by atoms with Crippen molar-refractivity contribution in [2.75, 3.05) is 0 Å². The molecule has 0 N–H and O–H groups in total. The van der Waals surface area contributed by atoms with Crippen LogP contribution >= 0.6 is 0 Å². The van der Waals surface area contributed by atoms with Gasteiger partial charge in [-0.3, -0.25) is 0 Å². The standard InChI is InChI=1S/C44H52N2/c1(3-5-7-9-11-13-15-25-35-37-27-17-21-31-41(37)45-42-32-22-18-28-38(35)42)2-4-6-8-10-12-14-16-26-36-39-29-19-23-33-43(39)46-44-34-24-20-30-40(36)44/h17-24,27-34H,1-16,25-26H2. The Bertz CT molecular complexity index is 1580. The smallest absolute Gasteiger partial charge is 0.0712 e. The van der Waals surface area contributed by atoms with Gasteiger partial charge in [0.2, 0.25) is 0 Å². The monoisotopic (exact) mass is 608 g/mol. The van der Waals surface area contributed by atoms with Crippen molar-refractivity contribution in [2.45, 2.75) is 116 Å². The zero-order chi connectivity index (χ0) is 31.2. The maximum atomic E-state index is 4.89. The van der Waals surface area contributed by atoms with Crippen LogP contribution in [-0.4, -0.2) is 9.97 Å². The summed E-state index contributed by atoms with van der Waals surface area (Å²) in [5, 5.41) is 5.34. The second-order valence-corrected chi connectivity index (χ2v) is 13.4. The molecule has 0 atom stereocenters.